The van der Waals surface area contributed by atoms with Crippen LogP contribution < -0.4 is 10.1 Å². The number of halogens is 3. The van der Waals surface area contributed by atoms with Crippen molar-refractivity contribution >= 4 is 56.5 Å². The minimum atomic E-state index is -0.413. The van der Waals surface area contributed by atoms with Crippen LogP contribution in [0.4, 0.5) is 5.69 Å². The Balaban J connectivity index is 1.61. The monoisotopic (exact) mass is 502 g/mol. The van der Waals surface area contributed by atoms with E-state index < -0.39 is 5.91 Å². The van der Waals surface area contributed by atoms with Crippen molar-refractivity contribution in [1.82, 2.24) is 0 Å². The first-order chi connectivity index (χ1) is 14.4. The van der Waals surface area contributed by atoms with Gasteiger partial charge in [-0.2, -0.15) is 5.26 Å². The van der Waals surface area contributed by atoms with Gasteiger partial charge in [0.25, 0.3) is 5.91 Å². The van der Waals surface area contributed by atoms with E-state index in [9.17, 15) is 9.59 Å². The third-order valence-corrected chi connectivity index (χ3v) is 5.11. The quantitative estimate of drug-likeness (QED) is 0.426. The van der Waals surface area contributed by atoms with Gasteiger partial charge < -0.3 is 10.1 Å². The molecule has 3 aromatic carbocycles. The van der Waals surface area contributed by atoms with Gasteiger partial charge >= 0.3 is 0 Å². The van der Waals surface area contributed by atoms with Gasteiger partial charge in [-0.15, -0.1) is 0 Å². The molecular formula is C22H13BrCl2N2O3. The molecule has 3 aromatic rings. The summed E-state index contributed by atoms with van der Waals surface area (Å²) in [6.45, 7) is -0.248. The van der Waals surface area contributed by atoms with E-state index in [1.807, 2.05) is 6.07 Å². The highest BCUT2D eigenvalue weighted by Gasteiger charge is 2.14. The summed E-state index contributed by atoms with van der Waals surface area (Å²) in [4.78, 5) is 24.7. The van der Waals surface area contributed by atoms with Crippen molar-refractivity contribution in [3.63, 3.8) is 0 Å². The number of benzene rings is 3. The Morgan fingerprint density at radius 2 is 1.73 bits per heavy atom. The van der Waals surface area contributed by atoms with Gasteiger partial charge in [0, 0.05) is 31.3 Å². The van der Waals surface area contributed by atoms with Crippen LogP contribution in [0.25, 0.3) is 0 Å². The van der Waals surface area contributed by atoms with E-state index in [1.54, 1.807) is 42.5 Å². The third-order valence-electron chi connectivity index (χ3n) is 3.97. The van der Waals surface area contributed by atoms with E-state index in [-0.39, 0.29) is 12.4 Å². The first-order valence-electron chi connectivity index (χ1n) is 8.59. The van der Waals surface area contributed by atoms with Gasteiger partial charge in [0.2, 0.25) is 0 Å². The molecule has 8 heteroatoms. The van der Waals surface area contributed by atoms with E-state index in [0.29, 0.717) is 42.6 Å². The summed E-state index contributed by atoms with van der Waals surface area (Å²) in [6.07, 6.45) is 0. The fourth-order valence-corrected chi connectivity index (χ4v) is 3.44. The molecule has 1 amide bonds. The SMILES string of the molecule is N#Cc1cc(Cl)cc(NC(=O)COc2ccc(C(=O)c3cc(Cl)ccc3Br)cc2)c1. The molecule has 0 heterocycles. The highest BCUT2D eigenvalue weighted by molar-refractivity contribution is 9.10. The molecule has 30 heavy (non-hydrogen) atoms. The fraction of sp³-hybridized carbons (Fsp3) is 0.0455. The number of rotatable bonds is 6. The van der Waals surface area contributed by atoms with Crippen LogP contribution in [0, 0.1) is 11.3 Å². The Bertz CT molecular complexity index is 1160. The number of carbonyl (C=O) groups excluding carboxylic acids is 2. The standard InChI is InChI=1S/C22H13BrCl2N2O3/c23-20-6-3-15(24)10-19(20)22(29)14-1-4-18(5-2-14)30-12-21(28)27-17-8-13(11-26)7-16(25)9-17/h1-10H,12H2,(H,27,28). The van der Waals surface area contributed by atoms with Crippen molar-refractivity contribution in [3.05, 3.63) is 91.9 Å². The first-order valence-corrected chi connectivity index (χ1v) is 10.1. The zero-order valence-corrected chi connectivity index (χ0v) is 18.4. The second-order valence-corrected chi connectivity index (χ2v) is 7.88. The maximum Gasteiger partial charge on any atom is 0.262 e. The summed E-state index contributed by atoms with van der Waals surface area (Å²) < 4.78 is 6.11. The molecule has 0 aliphatic carbocycles. The Kier molecular flexibility index (Phi) is 7.11. The van der Waals surface area contributed by atoms with Crippen LogP contribution in [-0.2, 0) is 4.79 Å². The normalized spacial score (nSPS) is 10.2. The van der Waals surface area contributed by atoms with E-state index in [0.717, 1.165) is 0 Å². The smallest absolute Gasteiger partial charge is 0.262 e. The molecule has 0 spiro atoms. The minimum absolute atomic E-state index is 0.192. The predicted octanol–water partition coefficient (Wildman–Crippen LogP) is 5.88. The molecule has 0 saturated carbocycles. The molecule has 0 bridgehead atoms. The summed E-state index contributed by atoms with van der Waals surface area (Å²) in [7, 11) is 0. The molecule has 1 N–H and O–H groups in total. The number of carbonyl (C=O) groups is 2. The van der Waals surface area contributed by atoms with Crippen molar-refractivity contribution < 1.29 is 14.3 Å². The van der Waals surface area contributed by atoms with Crippen LogP contribution in [0.1, 0.15) is 21.5 Å². The number of amides is 1. The van der Waals surface area contributed by atoms with Gasteiger partial charge in [0.1, 0.15) is 5.75 Å². The van der Waals surface area contributed by atoms with E-state index in [2.05, 4.69) is 21.2 Å². The van der Waals surface area contributed by atoms with Crippen molar-refractivity contribution in [2.24, 2.45) is 0 Å². The molecule has 0 unspecified atom stereocenters. The average Bonchev–Trinajstić information content (AvgIpc) is 2.73. The molecule has 0 aromatic heterocycles. The molecule has 150 valence electrons. The summed E-state index contributed by atoms with van der Waals surface area (Å²) >= 11 is 15.2. The zero-order valence-electron chi connectivity index (χ0n) is 15.3. The molecule has 0 radical (unpaired) electrons. The lowest BCUT2D eigenvalue weighted by Gasteiger charge is -2.09. The third kappa shape index (κ3) is 5.61. The summed E-state index contributed by atoms with van der Waals surface area (Å²) in [5, 5.41) is 12.4. The number of hydrogen-bond acceptors (Lipinski definition) is 4. The second-order valence-electron chi connectivity index (χ2n) is 6.15. The van der Waals surface area contributed by atoms with Crippen LogP contribution in [-0.4, -0.2) is 18.3 Å². The van der Waals surface area contributed by atoms with Crippen molar-refractivity contribution in [3.8, 4) is 11.8 Å². The number of nitriles is 1. The Morgan fingerprint density at radius 3 is 2.43 bits per heavy atom. The maximum absolute atomic E-state index is 12.7. The molecule has 0 saturated heterocycles. The lowest BCUT2D eigenvalue weighted by Crippen LogP contribution is -2.20. The molecule has 0 aliphatic rings. The van der Waals surface area contributed by atoms with Crippen LogP contribution in [0.3, 0.4) is 0 Å². The Labute approximate surface area is 191 Å². The fourth-order valence-electron chi connectivity index (χ4n) is 2.60. The van der Waals surface area contributed by atoms with Crippen molar-refractivity contribution in [1.29, 1.82) is 5.26 Å². The van der Waals surface area contributed by atoms with Gasteiger partial charge in [0.15, 0.2) is 12.4 Å². The number of hydrogen-bond donors (Lipinski definition) is 1. The lowest BCUT2D eigenvalue weighted by atomic mass is 10.0. The molecule has 5 nitrogen and oxygen atoms in total. The summed E-state index contributed by atoms with van der Waals surface area (Å²) in [5.74, 6) is -0.178. The second kappa shape index (κ2) is 9.77. The number of ketones is 1. The number of anilines is 1. The molecule has 0 aliphatic heterocycles. The first kappa shape index (κ1) is 21.8. The van der Waals surface area contributed by atoms with Gasteiger partial charge in [-0.25, -0.2) is 0 Å². The molecule has 3 rings (SSSR count). The van der Waals surface area contributed by atoms with Gasteiger partial charge in [-0.1, -0.05) is 39.1 Å². The van der Waals surface area contributed by atoms with Crippen molar-refractivity contribution in [2.45, 2.75) is 0 Å². The van der Waals surface area contributed by atoms with Crippen LogP contribution in [0.5, 0.6) is 5.75 Å². The predicted molar refractivity (Wildman–Crippen MR) is 119 cm³/mol. The maximum atomic E-state index is 12.7. The van der Waals surface area contributed by atoms with Crippen LogP contribution in [0.15, 0.2) is 65.1 Å². The van der Waals surface area contributed by atoms with Crippen molar-refractivity contribution in [2.75, 3.05) is 11.9 Å². The van der Waals surface area contributed by atoms with Gasteiger partial charge in [-0.05, 0) is 60.7 Å². The number of nitrogens with zero attached hydrogens (tertiary/aromatic N) is 1. The Hall–Kier alpha value is -2.85. The van der Waals surface area contributed by atoms with Gasteiger partial charge in [0.05, 0.1) is 11.6 Å². The average molecular weight is 504 g/mol. The number of nitrogens with one attached hydrogen (secondary N) is 1. The topological polar surface area (TPSA) is 79.2 Å². The summed E-state index contributed by atoms with van der Waals surface area (Å²) in [6, 6.07) is 17.9. The van der Waals surface area contributed by atoms with Gasteiger partial charge in [-0.3, -0.25) is 9.59 Å². The van der Waals surface area contributed by atoms with E-state index in [4.69, 9.17) is 33.2 Å². The van der Waals surface area contributed by atoms with E-state index >= 15 is 0 Å². The van der Waals surface area contributed by atoms with E-state index in [1.165, 1.54) is 18.2 Å². The highest BCUT2D eigenvalue weighted by Crippen LogP contribution is 2.25. The largest absolute Gasteiger partial charge is 0.484 e. The van der Waals surface area contributed by atoms with Crippen LogP contribution in [0.2, 0.25) is 10.0 Å². The number of ether oxygens (including phenoxy) is 1. The van der Waals surface area contributed by atoms with Crippen LogP contribution >= 0.6 is 39.1 Å². The zero-order chi connectivity index (χ0) is 21.7. The minimum Gasteiger partial charge on any atom is -0.484 e. The summed E-state index contributed by atoms with van der Waals surface area (Å²) in [5.41, 5.74) is 1.65. The molecule has 0 fully saturated rings. The molecular weight excluding hydrogens is 491 g/mol. The molecule has 0 atom stereocenters. The lowest BCUT2D eigenvalue weighted by molar-refractivity contribution is -0.118. The Morgan fingerprint density at radius 1 is 1.00 bits per heavy atom. The highest BCUT2D eigenvalue weighted by atomic mass is 79.9.